The Morgan fingerprint density at radius 1 is 0.333 bits per heavy atom. The summed E-state index contributed by atoms with van der Waals surface area (Å²) in [6.45, 7) is 0. The summed E-state index contributed by atoms with van der Waals surface area (Å²) >= 11 is 0. The SMILES string of the molecule is c1ccc(-c2ccc3cc(-c4cccc5cc(-c6nc(-c7ccccc7)nc(-c7ccccc7)n6)c6c7ccccc7oc6c45)ccc3c2)cc1. The normalized spacial score (nSPS) is 11.5. The molecule has 10 rings (SSSR count). The van der Waals surface area contributed by atoms with Gasteiger partial charge in [-0.15, -0.1) is 0 Å². The molecule has 8 aromatic carbocycles. The molecule has 0 fully saturated rings. The molecule has 0 spiro atoms. The van der Waals surface area contributed by atoms with Crippen molar-refractivity contribution in [3.05, 3.63) is 176 Å². The lowest BCUT2D eigenvalue weighted by atomic mass is 9.92. The van der Waals surface area contributed by atoms with Crippen molar-refractivity contribution in [1.82, 2.24) is 15.0 Å². The molecule has 4 nitrogen and oxygen atoms in total. The number of nitrogens with zero attached hydrogens (tertiary/aromatic N) is 3. The maximum atomic E-state index is 6.80. The number of fused-ring (bicyclic) bond motifs is 6. The van der Waals surface area contributed by atoms with Gasteiger partial charge in [-0.3, -0.25) is 0 Å². The molecule has 0 saturated carbocycles. The highest BCUT2D eigenvalue weighted by Crippen LogP contribution is 2.44. The van der Waals surface area contributed by atoms with E-state index in [0.29, 0.717) is 17.5 Å². The van der Waals surface area contributed by atoms with E-state index in [9.17, 15) is 0 Å². The fourth-order valence-electron chi connectivity index (χ4n) is 7.23. The van der Waals surface area contributed by atoms with Gasteiger partial charge in [-0.1, -0.05) is 152 Å². The van der Waals surface area contributed by atoms with Crippen LogP contribution in [0.5, 0.6) is 0 Å². The Hall–Kier alpha value is -6.91. The number of furan rings is 1. The fourth-order valence-corrected chi connectivity index (χ4v) is 7.23. The molecule has 10 aromatic rings. The number of aromatic nitrogens is 3. The van der Waals surface area contributed by atoms with Crippen LogP contribution in [0.2, 0.25) is 0 Å². The van der Waals surface area contributed by atoms with Crippen LogP contribution in [0, 0.1) is 0 Å². The van der Waals surface area contributed by atoms with Crippen LogP contribution in [0.1, 0.15) is 0 Å². The lowest BCUT2D eigenvalue weighted by molar-refractivity contribution is 0.673. The standard InChI is InChI=1S/C47H29N3O/c1-4-13-30(14-5-1)33-23-24-35-28-36(26-25-34(35)27-33)38-21-12-19-37-29-40(43-39-20-10-11-22-41(39)51-44(43)42(37)38)47-49-45(31-15-6-2-7-16-31)48-46(50-47)32-17-8-3-9-18-32/h1-29H. The van der Waals surface area contributed by atoms with Crippen LogP contribution in [-0.2, 0) is 0 Å². The van der Waals surface area contributed by atoms with Crippen LogP contribution in [0.4, 0.5) is 0 Å². The number of benzene rings is 8. The third-order valence-corrected chi connectivity index (χ3v) is 9.69. The minimum absolute atomic E-state index is 0.603. The highest BCUT2D eigenvalue weighted by atomic mass is 16.3. The maximum absolute atomic E-state index is 6.80. The zero-order valence-corrected chi connectivity index (χ0v) is 27.5. The van der Waals surface area contributed by atoms with Gasteiger partial charge >= 0.3 is 0 Å². The predicted octanol–water partition coefficient (Wildman–Crippen LogP) is 12.4. The van der Waals surface area contributed by atoms with Crippen molar-refractivity contribution in [2.24, 2.45) is 0 Å². The van der Waals surface area contributed by atoms with Crippen LogP contribution < -0.4 is 0 Å². The molecule has 2 heterocycles. The summed E-state index contributed by atoms with van der Waals surface area (Å²) in [6, 6.07) is 61.0. The van der Waals surface area contributed by atoms with Crippen LogP contribution in [0.15, 0.2) is 180 Å². The van der Waals surface area contributed by atoms with E-state index in [4.69, 9.17) is 19.4 Å². The zero-order chi connectivity index (χ0) is 33.7. The predicted molar refractivity (Wildman–Crippen MR) is 209 cm³/mol. The Balaban J connectivity index is 1.21. The molecule has 0 unspecified atom stereocenters. The zero-order valence-electron chi connectivity index (χ0n) is 27.5. The molecule has 0 atom stereocenters. The van der Waals surface area contributed by atoms with Gasteiger partial charge in [0.1, 0.15) is 11.2 Å². The molecule has 0 bridgehead atoms. The van der Waals surface area contributed by atoms with E-state index >= 15 is 0 Å². The van der Waals surface area contributed by atoms with Crippen molar-refractivity contribution in [3.63, 3.8) is 0 Å². The quantitative estimate of drug-likeness (QED) is 0.186. The molecule has 238 valence electrons. The first kappa shape index (κ1) is 29.0. The third kappa shape index (κ3) is 5.04. The Morgan fingerprint density at radius 3 is 1.59 bits per heavy atom. The molecule has 4 heteroatoms. The number of rotatable bonds is 5. The first-order chi connectivity index (χ1) is 25.3. The summed E-state index contributed by atoms with van der Waals surface area (Å²) in [5.41, 5.74) is 9.08. The molecule has 51 heavy (non-hydrogen) atoms. The Bertz CT molecular complexity index is 2840. The summed E-state index contributed by atoms with van der Waals surface area (Å²) in [6.07, 6.45) is 0. The van der Waals surface area contributed by atoms with Crippen molar-refractivity contribution < 1.29 is 4.42 Å². The number of hydrogen-bond donors (Lipinski definition) is 0. The molecule has 0 amide bonds. The van der Waals surface area contributed by atoms with Crippen LogP contribution in [0.3, 0.4) is 0 Å². The van der Waals surface area contributed by atoms with Crippen LogP contribution in [-0.4, -0.2) is 15.0 Å². The number of para-hydroxylation sites is 1. The minimum atomic E-state index is 0.603. The monoisotopic (exact) mass is 651 g/mol. The second kappa shape index (κ2) is 11.9. The molecule has 0 N–H and O–H groups in total. The summed E-state index contributed by atoms with van der Waals surface area (Å²) in [5, 5.41) is 6.52. The highest BCUT2D eigenvalue weighted by Gasteiger charge is 2.22. The largest absolute Gasteiger partial charge is 0.455 e. The van der Waals surface area contributed by atoms with Gasteiger partial charge in [-0.2, -0.15) is 0 Å². The maximum Gasteiger partial charge on any atom is 0.164 e. The van der Waals surface area contributed by atoms with E-state index in [1.165, 1.54) is 21.9 Å². The smallest absolute Gasteiger partial charge is 0.164 e. The summed E-state index contributed by atoms with van der Waals surface area (Å²) in [4.78, 5) is 15.2. The lowest BCUT2D eigenvalue weighted by Gasteiger charge is -2.13. The van der Waals surface area contributed by atoms with Crippen molar-refractivity contribution in [2.75, 3.05) is 0 Å². The van der Waals surface area contributed by atoms with Crippen molar-refractivity contribution >= 4 is 43.5 Å². The van der Waals surface area contributed by atoms with Gasteiger partial charge < -0.3 is 4.42 Å². The van der Waals surface area contributed by atoms with E-state index in [1.807, 2.05) is 72.8 Å². The van der Waals surface area contributed by atoms with Crippen LogP contribution >= 0.6 is 0 Å². The summed E-state index contributed by atoms with van der Waals surface area (Å²) in [7, 11) is 0. The summed E-state index contributed by atoms with van der Waals surface area (Å²) < 4.78 is 6.80. The average Bonchev–Trinajstić information content (AvgIpc) is 3.61. The minimum Gasteiger partial charge on any atom is -0.455 e. The molecule has 0 aliphatic heterocycles. The van der Waals surface area contributed by atoms with Gasteiger partial charge in [0.15, 0.2) is 17.5 Å². The molecule has 0 aliphatic carbocycles. The first-order valence-electron chi connectivity index (χ1n) is 17.1. The molecule has 0 aliphatic rings. The Labute approximate surface area is 294 Å². The van der Waals surface area contributed by atoms with E-state index in [1.54, 1.807) is 0 Å². The van der Waals surface area contributed by atoms with E-state index < -0.39 is 0 Å². The van der Waals surface area contributed by atoms with Crippen LogP contribution in [0.25, 0.3) is 99.9 Å². The fraction of sp³-hybridized carbons (Fsp3) is 0. The third-order valence-electron chi connectivity index (χ3n) is 9.69. The van der Waals surface area contributed by atoms with Gasteiger partial charge in [0.2, 0.25) is 0 Å². The molecule has 0 saturated heterocycles. The van der Waals surface area contributed by atoms with Gasteiger partial charge in [0.05, 0.1) is 0 Å². The van der Waals surface area contributed by atoms with Gasteiger partial charge in [-0.05, 0) is 62.7 Å². The molecule has 2 aromatic heterocycles. The Kier molecular flexibility index (Phi) is 6.78. The Morgan fingerprint density at radius 2 is 0.902 bits per heavy atom. The summed E-state index contributed by atoms with van der Waals surface area (Å²) in [5.74, 6) is 1.85. The van der Waals surface area contributed by atoms with E-state index in [-0.39, 0.29) is 0 Å². The molecular formula is C47H29N3O. The van der Waals surface area contributed by atoms with Gasteiger partial charge in [0, 0.05) is 32.8 Å². The van der Waals surface area contributed by atoms with Crippen molar-refractivity contribution in [2.45, 2.75) is 0 Å². The highest BCUT2D eigenvalue weighted by molar-refractivity contribution is 6.23. The molecule has 0 radical (unpaired) electrons. The lowest BCUT2D eigenvalue weighted by Crippen LogP contribution is -2.00. The number of hydrogen-bond acceptors (Lipinski definition) is 4. The van der Waals surface area contributed by atoms with Gasteiger partial charge in [-0.25, -0.2) is 15.0 Å². The second-order valence-corrected chi connectivity index (χ2v) is 12.8. The average molecular weight is 652 g/mol. The second-order valence-electron chi connectivity index (χ2n) is 12.8. The van der Waals surface area contributed by atoms with Gasteiger partial charge in [0.25, 0.3) is 0 Å². The van der Waals surface area contributed by atoms with Crippen molar-refractivity contribution in [1.29, 1.82) is 0 Å². The first-order valence-corrected chi connectivity index (χ1v) is 17.1. The van der Waals surface area contributed by atoms with E-state index in [2.05, 4.69) is 103 Å². The molecular weight excluding hydrogens is 623 g/mol. The van der Waals surface area contributed by atoms with E-state index in [0.717, 1.165) is 60.5 Å². The topological polar surface area (TPSA) is 51.8 Å². The van der Waals surface area contributed by atoms with Crippen molar-refractivity contribution in [3.8, 4) is 56.4 Å².